The number of rotatable bonds is 10. The van der Waals surface area contributed by atoms with Gasteiger partial charge >= 0.3 is 0 Å². The summed E-state index contributed by atoms with van der Waals surface area (Å²) in [6, 6.07) is 125. The van der Waals surface area contributed by atoms with E-state index in [4.69, 9.17) is 8.83 Å². The van der Waals surface area contributed by atoms with E-state index in [9.17, 15) is 0 Å². The summed E-state index contributed by atoms with van der Waals surface area (Å²) in [4.78, 5) is 2.60. The summed E-state index contributed by atoms with van der Waals surface area (Å²) >= 11 is 0. The fourth-order valence-electron chi connectivity index (χ4n) is 18.3. The van der Waals surface area contributed by atoms with E-state index in [1.165, 1.54) is 111 Å². The molecule has 3 aliphatic carbocycles. The minimum absolute atomic E-state index is 0.440. The van der Waals surface area contributed by atoms with Crippen LogP contribution in [0.25, 0.3) is 111 Å². The molecule has 0 unspecified atom stereocenters. The van der Waals surface area contributed by atoms with E-state index in [-0.39, 0.29) is 0 Å². The van der Waals surface area contributed by atoms with Crippen molar-refractivity contribution in [3.8, 4) is 66.8 Å². The molecule has 15 aromatic carbocycles. The highest BCUT2D eigenvalue weighted by molar-refractivity contribution is 6.20. The van der Waals surface area contributed by atoms with Crippen molar-refractivity contribution >= 4 is 60.9 Å². The van der Waals surface area contributed by atoms with Crippen LogP contribution in [-0.2, 0) is 16.2 Å². The second kappa shape index (κ2) is 21.9. The third-order valence-corrected chi connectivity index (χ3v) is 22.6. The first-order valence-corrected chi connectivity index (χ1v) is 35.0. The quantitative estimate of drug-likeness (QED) is 0.137. The first kappa shape index (κ1) is 57.9. The molecule has 0 saturated carbocycles. The molecule has 17 aromatic rings. The van der Waals surface area contributed by atoms with Crippen molar-refractivity contribution in [1.29, 1.82) is 0 Å². The van der Waals surface area contributed by atoms with E-state index in [1.54, 1.807) is 0 Å². The van der Waals surface area contributed by atoms with E-state index >= 15 is 0 Å². The second-order valence-electron chi connectivity index (χ2n) is 28.2. The standard InChI is InChI=1S/C97H67NO2/c1-60-46-49-70(61(2)54-60)78-58-85-89(92-76-41-24-26-45-87(76)100-94(78)92)74-51-48-68(55-81(74)95(85,3)4)98(93-71(62-28-11-5-12-29-62)42-27-43-72(93)63-30-13-6-14-31-63)69-47-50-73-77-57-84-79(59-83(77)97(82(73)56-69,66-36-19-9-20-37-66)67-38-21-10-22-39-67)90-80(52-53-88-91(90)75-40-23-25-44-86(75)99-88)96(84,64-32-15-7-16-33-64)65-34-17-8-18-35-65/h5-59H,1-4H3. The first-order chi connectivity index (χ1) is 49.2. The van der Waals surface area contributed by atoms with Gasteiger partial charge in [0.15, 0.2) is 0 Å². The maximum Gasteiger partial charge on any atom is 0.143 e. The lowest BCUT2D eigenvalue weighted by molar-refractivity contribution is 0.657. The molecule has 0 saturated heterocycles. The van der Waals surface area contributed by atoms with Crippen LogP contribution in [0.5, 0.6) is 0 Å². The van der Waals surface area contributed by atoms with Crippen molar-refractivity contribution in [3.63, 3.8) is 0 Å². The van der Waals surface area contributed by atoms with Gasteiger partial charge in [-0.1, -0.05) is 292 Å². The molecular weight excluding hydrogens is 1210 g/mol. The zero-order valence-corrected chi connectivity index (χ0v) is 56.0. The van der Waals surface area contributed by atoms with Crippen molar-refractivity contribution in [2.75, 3.05) is 4.90 Å². The molecule has 20 rings (SSSR count). The van der Waals surface area contributed by atoms with Crippen LogP contribution in [-0.4, -0.2) is 0 Å². The lowest BCUT2D eigenvalue weighted by Gasteiger charge is -2.36. The number of para-hydroxylation sites is 3. The van der Waals surface area contributed by atoms with Crippen LogP contribution in [0.3, 0.4) is 0 Å². The van der Waals surface area contributed by atoms with E-state index in [0.29, 0.717) is 0 Å². The van der Waals surface area contributed by atoms with Gasteiger partial charge in [0.05, 0.1) is 16.5 Å². The van der Waals surface area contributed by atoms with E-state index < -0.39 is 16.2 Å². The zero-order chi connectivity index (χ0) is 66.6. The maximum absolute atomic E-state index is 7.07. The number of nitrogens with zero attached hydrogens (tertiary/aromatic N) is 1. The highest BCUT2D eigenvalue weighted by Crippen LogP contribution is 2.66. The molecule has 0 radical (unpaired) electrons. The summed E-state index contributed by atoms with van der Waals surface area (Å²) in [7, 11) is 0. The third-order valence-electron chi connectivity index (χ3n) is 22.6. The Morgan fingerprint density at radius 1 is 0.280 bits per heavy atom. The molecule has 3 heteroatoms. The predicted molar refractivity (Wildman–Crippen MR) is 414 cm³/mol. The molecule has 0 aliphatic heterocycles. The topological polar surface area (TPSA) is 29.5 Å². The molecular formula is C97H67NO2. The Bertz CT molecular complexity index is 6040. The van der Waals surface area contributed by atoms with Crippen LogP contribution in [0.15, 0.2) is 342 Å². The molecule has 0 amide bonds. The average Bonchev–Trinajstić information content (AvgIpc) is 1.51. The van der Waals surface area contributed by atoms with Gasteiger partial charge in [0.2, 0.25) is 0 Å². The Morgan fingerprint density at radius 2 is 0.730 bits per heavy atom. The normalized spacial score (nSPS) is 14.0. The SMILES string of the molecule is Cc1ccc(-c2cc3c(c4c2oc2ccccc24)-c2ccc(N(c4ccc5c(c4)C(c4ccccc4)(c4ccccc4)c4cc6c(cc4-5)C(c4ccccc4)(c4ccccc4)c4ccc5oc7ccccc7c5c4-6)c4c(-c5ccccc5)cccc4-c4ccccc4)cc2C3(C)C)c(C)c1. The highest BCUT2D eigenvalue weighted by Gasteiger charge is 2.53. The van der Waals surface area contributed by atoms with Gasteiger partial charge in [-0.2, -0.15) is 0 Å². The van der Waals surface area contributed by atoms with Gasteiger partial charge in [-0.25, -0.2) is 0 Å². The smallest absolute Gasteiger partial charge is 0.143 e. The molecule has 0 N–H and O–H groups in total. The van der Waals surface area contributed by atoms with Gasteiger partial charge in [0, 0.05) is 55.0 Å². The Hall–Kier alpha value is -12.3. The Morgan fingerprint density at radius 3 is 1.31 bits per heavy atom. The fourth-order valence-corrected chi connectivity index (χ4v) is 18.3. The molecule has 2 aromatic heterocycles. The summed E-state index contributed by atoms with van der Waals surface area (Å²) < 4.78 is 13.9. The fraction of sp³-hybridized carbons (Fsp3) is 0.0722. The molecule has 2 heterocycles. The van der Waals surface area contributed by atoms with E-state index in [2.05, 4.69) is 366 Å². The number of anilines is 3. The predicted octanol–water partition coefficient (Wildman–Crippen LogP) is 25.6. The molecule has 3 aliphatic rings. The van der Waals surface area contributed by atoms with Gasteiger partial charge in [0.1, 0.15) is 22.3 Å². The van der Waals surface area contributed by atoms with Crippen molar-refractivity contribution in [3.05, 3.63) is 400 Å². The van der Waals surface area contributed by atoms with Crippen LogP contribution < -0.4 is 4.90 Å². The van der Waals surface area contributed by atoms with Crippen LogP contribution >= 0.6 is 0 Å². The second-order valence-corrected chi connectivity index (χ2v) is 28.2. The van der Waals surface area contributed by atoms with E-state index in [0.717, 1.165) is 83.4 Å². The van der Waals surface area contributed by atoms with Gasteiger partial charge in [-0.05, 0) is 186 Å². The number of fused-ring (bicyclic) bond motifs is 17. The van der Waals surface area contributed by atoms with Crippen LogP contribution in [0, 0.1) is 13.8 Å². The molecule has 0 atom stereocenters. The lowest BCUT2D eigenvalue weighted by Crippen LogP contribution is -2.30. The Labute approximate surface area is 582 Å². The summed E-state index contributed by atoms with van der Waals surface area (Å²) in [5.74, 6) is 0. The maximum atomic E-state index is 7.07. The Balaban J connectivity index is 0.892. The van der Waals surface area contributed by atoms with Gasteiger partial charge in [-0.15, -0.1) is 0 Å². The molecule has 0 fully saturated rings. The summed E-state index contributed by atoms with van der Waals surface area (Å²) in [5.41, 5.74) is 33.7. The molecule has 0 bridgehead atoms. The summed E-state index contributed by atoms with van der Waals surface area (Å²) in [6.45, 7) is 9.27. The zero-order valence-electron chi connectivity index (χ0n) is 56.0. The van der Waals surface area contributed by atoms with Crippen LogP contribution in [0.4, 0.5) is 17.1 Å². The monoisotopic (exact) mass is 1280 g/mol. The number of hydrogen-bond donors (Lipinski definition) is 0. The molecule has 0 spiro atoms. The van der Waals surface area contributed by atoms with E-state index in [1.807, 2.05) is 0 Å². The van der Waals surface area contributed by atoms with Crippen LogP contribution in [0.1, 0.15) is 80.6 Å². The van der Waals surface area contributed by atoms with Crippen molar-refractivity contribution in [2.45, 2.75) is 43.9 Å². The highest BCUT2D eigenvalue weighted by atomic mass is 16.3. The largest absolute Gasteiger partial charge is 0.456 e. The van der Waals surface area contributed by atoms with Crippen molar-refractivity contribution in [2.24, 2.45) is 0 Å². The average molecular weight is 1280 g/mol. The van der Waals surface area contributed by atoms with Crippen molar-refractivity contribution in [1.82, 2.24) is 0 Å². The molecule has 472 valence electrons. The number of hydrogen-bond acceptors (Lipinski definition) is 3. The summed E-state index contributed by atoms with van der Waals surface area (Å²) in [6.07, 6.45) is 0. The van der Waals surface area contributed by atoms with Gasteiger partial charge in [-0.3, -0.25) is 0 Å². The number of furan rings is 2. The Kier molecular flexibility index (Phi) is 12.7. The van der Waals surface area contributed by atoms with Crippen LogP contribution in [0.2, 0.25) is 0 Å². The third kappa shape index (κ3) is 8.09. The minimum Gasteiger partial charge on any atom is -0.456 e. The first-order valence-electron chi connectivity index (χ1n) is 35.0. The summed E-state index contributed by atoms with van der Waals surface area (Å²) in [5, 5.41) is 4.54. The number of benzene rings is 15. The van der Waals surface area contributed by atoms with Gasteiger partial charge < -0.3 is 13.7 Å². The minimum atomic E-state index is -0.823. The molecule has 100 heavy (non-hydrogen) atoms. The van der Waals surface area contributed by atoms with Crippen molar-refractivity contribution < 1.29 is 8.83 Å². The number of aryl methyl sites for hydroxylation is 2. The lowest BCUT2D eigenvalue weighted by atomic mass is 9.66. The molecule has 3 nitrogen and oxygen atoms in total. The van der Waals surface area contributed by atoms with Gasteiger partial charge in [0.25, 0.3) is 0 Å².